The molecule has 0 saturated heterocycles. The van der Waals surface area contributed by atoms with E-state index in [1.807, 2.05) is 6.08 Å². The van der Waals surface area contributed by atoms with E-state index in [1.54, 1.807) is 0 Å². The second-order valence-electron chi connectivity index (χ2n) is 4.86. The van der Waals surface area contributed by atoms with Crippen LogP contribution in [0.5, 0.6) is 0 Å². The molecule has 0 bridgehead atoms. The molecule has 0 aromatic heterocycles. The van der Waals surface area contributed by atoms with Crippen molar-refractivity contribution in [1.82, 2.24) is 0 Å². The molecular formula is C13H26OSi. The molecule has 0 aromatic carbocycles. The summed E-state index contributed by atoms with van der Waals surface area (Å²) in [5, 5.41) is 0. The van der Waals surface area contributed by atoms with E-state index in [2.05, 4.69) is 45.3 Å². The molecule has 0 aromatic rings. The lowest BCUT2D eigenvalue weighted by atomic mass is 10.2. The maximum Gasteiger partial charge on any atom is 0.184 e. The maximum absolute atomic E-state index is 6.04. The first kappa shape index (κ1) is 14.7. The topological polar surface area (TPSA) is 9.23 Å². The van der Waals surface area contributed by atoms with E-state index in [-0.39, 0.29) is 6.10 Å². The zero-order valence-electron chi connectivity index (χ0n) is 10.8. The highest BCUT2D eigenvalue weighted by molar-refractivity contribution is 6.69. The number of hydrogen-bond donors (Lipinski definition) is 0. The van der Waals surface area contributed by atoms with Crippen molar-refractivity contribution in [3.8, 4) is 0 Å². The average molecular weight is 226 g/mol. The second-order valence-corrected chi connectivity index (χ2v) is 9.32. The third kappa shape index (κ3) is 9.95. The Balaban J connectivity index is 4.03. The van der Waals surface area contributed by atoms with E-state index in [4.69, 9.17) is 4.43 Å². The Kier molecular flexibility index (Phi) is 7.70. The van der Waals surface area contributed by atoms with Gasteiger partial charge in [0, 0.05) is 0 Å². The van der Waals surface area contributed by atoms with Crippen LogP contribution in [0.3, 0.4) is 0 Å². The number of unbranched alkanes of at least 4 members (excludes halogenated alkanes) is 2. The molecule has 88 valence electrons. The highest BCUT2D eigenvalue weighted by atomic mass is 28.4. The molecule has 0 N–H and O–H groups in total. The zero-order valence-corrected chi connectivity index (χ0v) is 11.8. The predicted octanol–water partition coefficient (Wildman–Crippen LogP) is 4.53. The van der Waals surface area contributed by atoms with Crippen LogP contribution >= 0.6 is 0 Å². The largest absolute Gasteiger partial charge is 0.411 e. The summed E-state index contributed by atoms with van der Waals surface area (Å²) in [6.45, 7) is 12.7. The Morgan fingerprint density at radius 3 is 2.47 bits per heavy atom. The molecule has 0 heterocycles. The zero-order chi connectivity index (χ0) is 11.7. The van der Waals surface area contributed by atoms with E-state index < -0.39 is 8.32 Å². The van der Waals surface area contributed by atoms with Gasteiger partial charge in [-0.3, -0.25) is 0 Å². The maximum atomic E-state index is 6.04. The predicted molar refractivity (Wildman–Crippen MR) is 71.7 cm³/mol. The van der Waals surface area contributed by atoms with Crippen LogP contribution in [0.15, 0.2) is 24.8 Å². The molecule has 0 rings (SSSR count). The molecule has 1 atom stereocenters. The molecule has 0 aliphatic carbocycles. The fourth-order valence-corrected chi connectivity index (χ4v) is 2.44. The Bertz CT molecular complexity index is 191. The van der Waals surface area contributed by atoms with E-state index in [1.165, 1.54) is 19.3 Å². The van der Waals surface area contributed by atoms with Gasteiger partial charge in [0.2, 0.25) is 0 Å². The van der Waals surface area contributed by atoms with Gasteiger partial charge in [0.15, 0.2) is 8.32 Å². The van der Waals surface area contributed by atoms with Crippen molar-refractivity contribution in [2.75, 3.05) is 0 Å². The van der Waals surface area contributed by atoms with Crippen LogP contribution in [-0.2, 0) is 4.43 Å². The minimum atomic E-state index is -1.43. The fraction of sp³-hybridized carbons (Fsp3) is 0.692. The van der Waals surface area contributed by atoms with Gasteiger partial charge in [-0.2, -0.15) is 0 Å². The first-order valence-corrected chi connectivity index (χ1v) is 9.35. The summed E-state index contributed by atoms with van der Waals surface area (Å²) in [6, 6.07) is 0. The monoisotopic (exact) mass is 226 g/mol. The lowest BCUT2D eigenvalue weighted by Crippen LogP contribution is -2.30. The standard InChI is InChI=1S/C13H26OSi/c1-6-8-9-10-12-13(11-7-2)14-15(3,4)5/h7,10,12-13H,2,6,8-9,11H2,1,3-5H3. The molecule has 15 heavy (non-hydrogen) atoms. The van der Waals surface area contributed by atoms with E-state index in [0.29, 0.717) is 0 Å². The van der Waals surface area contributed by atoms with Gasteiger partial charge in [0.1, 0.15) is 0 Å². The number of allylic oxidation sites excluding steroid dienone is 1. The number of rotatable bonds is 8. The van der Waals surface area contributed by atoms with Crippen LogP contribution in [0, 0.1) is 0 Å². The summed E-state index contributed by atoms with van der Waals surface area (Å²) < 4.78 is 6.04. The van der Waals surface area contributed by atoms with Crippen LogP contribution in [0.4, 0.5) is 0 Å². The van der Waals surface area contributed by atoms with Crippen molar-refractivity contribution in [3.63, 3.8) is 0 Å². The molecule has 1 unspecified atom stereocenters. The summed E-state index contributed by atoms with van der Waals surface area (Å²) >= 11 is 0. The van der Waals surface area contributed by atoms with Crippen molar-refractivity contribution in [3.05, 3.63) is 24.8 Å². The first-order chi connectivity index (χ1) is 6.99. The van der Waals surface area contributed by atoms with Gasteiger partial charge in [0.05, 0.1) is 6.10 Å². The van der Waals surface area contributed by atoms with Gasteiger partial charge >= 0.3 is 0 Å². The van der Waals surface area contributed by atoms with E-state index >= 15 is 0 Å². The Morgan fingerprint density at radius 2 is 2.00 bits per heavy atom. The van der Waals surface area contributed by atoms with Gasteiger partial charge in [-0.05, 0) is 32.5 Å². The third-order valence-corrected chi connectivity index (χ3v) is 2.99. The van der Waals surface area contributed by atoms with Crippen LogP contribution in [0.2, 0.25) is 19.6 Å². The van der Waals surface area contributed by atoms with Crippen LogP contribution < -0.4 is 0 Å². The highest BCUT2D eigenvalue weighted by Gasteiger charge is 2.18. The van der Waals surface area contributed by atoms with Gasteiger partial charge in [-0.25, -0.2) is 0 Å². The number of hydrogen-bond acceptors (Lipinski definition) is 1. The van der Waals surface area contributed by atoms with Crippen LogP contribution in [-0.4, -0.2) is 14.4 Å². The molecule has 0 aliphatic rings. The molecule has 0 spiro atoms. The molecule has 0 fully saturated rings. The summed E-state index contributed by atoms with van der Waals surface area (Å²) in [4.78, 5) is 0. The molecule has 2 heteroatoms. The van der Waals surface area contributed by atoms with Crippen LogP contribution in [0.1, 0.15) is 32.6 Å². The molecule has 0 amide bonds. The molecule has 0 saturated carbocycles. The van der Waals surface area contributed by atoms with Gasteiger partial charge in [-0.1, -0.05) is 38.0 Å². The Morgan fingerprint density at radius 1 is 1.33 bits per heavy atom. The Labute approximate surface area is 96.4 Å². The quantitative estimate of drug-likeness (QED) is 0.336. The van der Waals surface area contributed by atoms with Crippen LogP contribution in [0.25, 0.3) is 0 Å². The lowest BCUT2D eigenvalue weighted by Gasteiger charge is -2.23. The third-order valence-electron chi connectivity index (χ3n) is 1.98. The molecule has 0 radical (unpaired) electrons. The average Bonchev–Trinajstić information content (AvgIpc) is 2.10. The summed E-state index contributed by atoms with van der Waals surface area (Å²) in [7, 11) is -1.43. The first-order valence-electron chi connectivity index (χ1n) is 5.95. The summed E-state index contributed by atoms with van der Waals surface area (Å²) in [6.07, 6.45) is 11.2. The summed E-state index contributed by atoms with van der Waals surface area (Å²) in [5.74, 6) is 0. The molecule has 0 aliphatic heterocycles. The smallest absolute Gasteiger partial charge is 0.184 e. The van der Waals surface area contributed by atoms with Crippen molar-refractivity contribution in [2.45, 2.75) is 58.4 Å². The second kappa shape index (κ2) is 7.89. The lowest BCUT2D eigenvalue weighted by molar-refractivity contribution is 0.245. The van der Waals surface area contributed by atoms with Crippen molar-refractivity contribution < 1.29 is 4.43 Å². The molecule has 1 nitrogen and oxygen atoms in total. The normalized spacial score (nSPS) is 14.4. The van der Waals surface area contributed by atoms with Gasteiger partial charge < -0.3 is 4.43 Å². The SMILES string of the molecule is C=CCC(C=CCCCC)O[Si](C)(C)C. The van der Waals surface area contributed by atoms with Crippen molar-refractivity contribution >= 4 is 8.32 Å². The van der Waals surface area contributed by atoms with E-state index in [9.17, 15) is 0 Å². The van der Waals surface area contributed by atoms with Crippen molar-refractivity contribution in [2.24, 2.45) is 0 Å². The highest BCUT2D eigenvalue weighted by Crippen LogP contribution is 2.12. The fourth-order valence-electron chi connectivity index (χ4n) is 1.35. The van der Waals surface area contributed by atoms with Gasteiger partial charge in [0.25, 0.3) is 0 Å². The van der Waals surface area contributed by atoms with Crippen molar-refractivity contribution in [1.29, 1.82) is 0 Å². The minimum absolute atomic E-state index is 0.242. The molecular weight excluding hydrogens is 200 g/mol. The Hall–Kier alpha value is -0.343. The van der Waals surface area contributed by atoms with Gasteiger partial charge in [-0.15, -0.1) is 6.58 Å². The van der Waals surface area contributed by atoms with E-state index in [0.717, 1.165) is 6.42 Å². The minimum Gasteiger partial charge on any atom is -0.411 e. The summed E-state index contributed by atoms with van der Waals surface area (Å²) in [5.41, 5.74) is 0.